The zero-order valence-electron chi connectivity index (χ0n) is 20.1. The summed E-state index contributed by atoms with van der Waals surface area (Å²) in [5, 5.41) is 0. The third kappa shape index (κ3) is 5.52. The lowest BCUT2D eigenvalue weighted by Crippen LogP contribution is -2.03. The molecule has 5 aromatic rings. The van der Waals surface area contributed by atoms with E-state index in [-0.39, 0.29) is 0 Å². The zero-order chi connectivity index (χ0) is 23.9. The molecule has 0 amide bonds. The SMILES string of the molecule is CCCCCc1nc(-c2ccc(-c3ccccc3)cc2)nc(-c2ccc(-c3ccccc3)cc2)n1. The van der Waals surface area contributed by atoms with Crippen molar-refractivity contribution in [3.8, 4) is 45.0 Å². The van der Waals surface area contributed by atoms with Gasteiger partial charge in [0.25, 0.3) is 0 Å². The third-order valence-electron chi connectivity index (χ3n) is 6.19. The summed E-state index contributed by atoms with van der Waals surface area (Å²) in [7, 11) is 0. The van der Waals surface area contributed by atoms with E-state index in [1.807, 2.05) is 12.1 Å². The highest BCUT2D eigenvalue weighted by Gasteiger charge is 2.11. The van der Waals surface area contributed by atoms with E-state index in [9.17, 15) is 0 Å². The van der Waals surface area contributed by atoms with Crippen molar-refractivity contribution in [2.75, 3.05) is 0 Å². The molecule has 3 heteroatoms. The first-order valence-electron chi connectivity index (χ1n) is 12.4. The molecular formula is C32H29N3. The Hall–Kier alpha value is -4.11. The maximum absolute atomic E-state index is 4.88. The van der Waals surface area contributed by atoms with Crippen LogP contribution in [0.15, 0.2) is 109 Å². The highest BCUT2D eigenvalue weighted by atomic mass is 15.0. The van der Waals surface area contributed by atoms with Gasteiger partial charge in [0, 0.05) is 17.5 Å². The van der Waals surface area contributed by atoms with Gasteiger partial charge in [0.15, 0.2) is 11.6 Å². The quantitative estimate of drug-likeness (QED) is 0.221. The number of nitrogens with zero attached hydrogens (tertiary/aromatic N) is 3. The molecule has 0 bridgehead atoms. The second-order valence-corrected chi connectivity index (χ2v) is 8.74. The molecule has 0 aliphatic carbocycles. The maximum Gasteiger partial charge on any atom is 0.163 e. The molecule has 0 aliphatic heterocycles. The van der Waals surface area contributed by atoms with Crippen molar-refractivity contribution in [1.82, 2.24) is 15.0 Å². The third-order valence-corrected chi connectivity index (χ3v) is 6.19. The minimum absolute atomic E-state index is 0.730. The number of rotatable bonds is 8. The van der Waals surface area contributed by atoms with Crippen LogP contribution in [0, 0.1) is 0 Å². The van der Waals surface area contributed by atoms with E-state index in [1.165, 1.54) is 35.1 Å². The molecule has 0 N–H and O–H groups in total. The number of aryl methyl sites for hydroxylation is 1. The van der Waals surface area contributed by atoms with Gasteiger partial charge in [-0.2, -0.15) is 0 Å². The normalized spacial score (nSPS) is 10.9. The predicted octanol–water partition coefficient (Wildman–Crippen LogP) is 8.27. The molecule has 0 saturated carbocycles. The Morgan fingerprint density at radius 3 is 1.26 bits per heavy atom. The predicted molar refractivity (Wildman–Crippen MR) is 145 cm³/mol. The molecule has 35 heavy (non-hydrogen) atoms. The van der Waals surface area contributed by atoms with Crippen LogP contribution in [-0.4, -0.2) is 15.0 Å². The standard InChI is InChI=1S/C32H29N3/c1-2-3-6-15-30-33-31(28-20-16-26(17-21-28)24-11-7-4-8-12-24)35-32(34-30)29-22-18-27(19-23-29)25-13-9-5-10-14-25/h4-5,7-14,16-23H,2-3,6,15H2,1H3. The van der Waals surface area contributed by atoms with Gasteiger partial charge in [-0.15, -0.1) is 0 Å². The first kappa shape index (κ1) is 22.7. The molecule has 0 unspecified atom stereocenters. The molecular weight excluding hydrogens is 426 g/mol. The van der Waals surface area contributed by atoms with Crippen molar-refractivity contribution in [3.63, 3.8) is 0 Å². The highest BCUT2D eigenvalue weighted by Crippen LogP contribution is 2.26. The second-order valence-electron chi connectivity index (χ2n) is 8.74. The van der Waals surface area contributed by atoms with Crippen molar-refractivity contribution >= 4 is 0 Å². The summed E-state index contributed by atoms with van der Waals surface area (Å²) in [4.78, 5) is 14.6. The van der Waals surface area contributed by atoms with Crippen LogP contribution < -0.4 is 0 Å². The van der Waals surface area contributed by atoms with Crippen LogP contribution in [0.25, 0.3) is 45.0 Å². The number of hydrogen-bond donors (Lipinski definition) is 0. The lowest BCUT2D eigenvalue weighted by Gasteiger charge is -2.09. The summed E-state index contributed by atoms with van der Waals surface area (Å²) in [6.45, 7) is 2.22. The fourth-order valence-electron chi connectivity index (χ4n) is 4.21. The molecule has 0 aliphatic rings. The van der Waals surface area contributed by atoms with Crippen LogP contribution in [0.2, 0.25) is 0 Å². The second kappa shape index (κ2) is 10.9. The van der Waals surface area contributed by atoms with Crippen molar-refractivity contribution in [1.29, 1.82) is 0 Å². The molecule has 4 aromatic carbocycles. The van der Waals surface area contributed by atoms with Crippen molar-refractivity contribution in [2.24, 2.45) is 0 Å². The van der Waals surface area contributed by atoms with Gasteiger partial charge >= 0.3 is 0 Å². The number of hydrogen-bond acceptors (Lipinski definition) is 3. The number of benzene rings is 4. The Morgan fingerprint density at radius 1 is 0.429 bits per heavy atom. The van der Waals surface area contributed by atoms with Gasteiger partial charge in [-0.3, -0.25) is 0 Å². The Kier molecular flexibility index (Phi) is 7.05. The van der Waals surface area contributed by atoms with Gasteiger partial charge in [0.2, 0.25) is 0 Å². The summed E-state index contributed by atoms with van der Waals surface area (Å²) in [6, 6.07) is 37.8. The van der Waals surface area contributed by atoms with E-state index in [4.69, 9.17) is 15.0 Å². The van der Waals surface area contributed by atoms with Crippen molar-refractivity contribution < 1.29 is 0 Å². The fraction of sp³-hybridized carbons (Fsp3) is 0.156. The van der Waals surface area contributed by atoms with Gasteiger partial charge in [-0.25, -0.2) is 15.0 Å². The maximum atomic E-state index is 4.88. The van der Waals surface area contributed by atoms with E-state index in [2.05, 4.69) is 104 Å². The van der Waals surface area contributed by atoms with E-state index >= 15 is 0 Å². The van der Waals surface area contributed by atoms with Crippen LogP contribution in [-0.2, 0) is 6.42 Å². The zero-order valence-corrected chi connectivity index (χ0v) is 20.1. The first-order valence-corrected chi connectivity index (χ1v) is 12.4. The van der Waals surface area contributed by atoms with Crippen LogP contribution >= 0.6 is 0 Å². The van der Waals surface area contributed by atoms with Gasteiger partial charge in [-0.1, -0.05) is 129 Å². The average molecular weight is 456 g/mol. The molecule has 1 heterocycles. The van der Waals surface area contributed by atoms with Crippen LogP contribution in [0.3, 0.4) is 0 Å². The topological polar surface area (TPSA) is 38.7 Å². The molecule has 0 atom stereocenters. The summed E-state index contributed by atoms with van der Waals surface area (Å²) in [5.74, 6) is 2.32. The molecule has 0 spiro atoms. The molecule has 172 valence electrons. The minimum Gasteiger partial charge on any atom is -0.213 e. The largest absolute Gasteiger partial charge is 0.213 e. The molecule has 3 nitrogen and oxygen atoms in total. The van der Waals surface area contributed by atoms with E-state index in [0.29, 0.717) is 0 Å². The Bertz CT molecular complexity index is 1260. The van der Waals surface area contributed by atoms with Gasteiger partial charge in [-0.05, 0) is 28.7 Å². The number of unbranched alkanes of at least 4 members (excludes halogenated alkanes) is 2. The van der Waals surface area contributed by atoms with E-state index in [1.54, 1.807) is 0 Å². The summed E-state index contributed by atoms with van der Waals surface area (Å²) in [6.07, 6.45) is 4.29. The van der Waals surface area contributed by atoms with Gasteiger partial charge in [0.1, 0.15) is 5.82 Å². The van der Waals surface area contributed by atoms with Gasteiger partial charge in [0.05, 0.1) is 0 Å². The molecule has 0 fully saturated rings. The minimum atomic E-state index is 0.730. The fourth-order valence-corrected chi connectivity index (χ4v) is 4.21. The Morgan fingerprint density at radius 2 is 0.829 bits per heavy atom. The average Bonchev–Trinajstić information content (AvgIpc) is 2.94. The summed E-state index contributed by atoms with van der Waals surface area (Å²) in [5.41, 5.74) is 6.78. The lowest BCUT2D eigenvalue weighted by molar-refractivity contribution is 0.691. The van der Waals surface area contributed by atoms with Crippen molar-refractivity contribution in [2.45, 2.75) is 32.6 Å². The van der Waals surface area contributed by atoms with Crippen LogP contribution in [0.5, 0.6) is 0 Å². The van der Waals surface area contributed by atoms with Crippen molar-refractivity contribution in [3.05, 3.63) is 115 Å². The van der Waals surface area contributed by atoms with Crippen LogP contribution in [0.4, 0.5) is 0 Å². The smallest absolute Gasteiger partial charge is 0.163 e. The first-order chi connectivity index (χ1) is 17.3. The molecule has 1 aromatic heterocycles. The summed E-state index contributed by atoms with van der Waals surface area (Å²) >= 11 is 0. The number of aromatic nitrogens is 3. The molecule has 0 radical (unpaired) electrons. The molecule has 5 rings (SSSR count). The molecule has 0 saturated heterocycles. The Balaban J connectivity index is 1.48. The van der Waals surface area contributed by atoms with E-state index in [0.717, 1.165) is 41.4 Å². The lowest BCUT2D eigenvalue weighted by atomic mass is 10.0. The van der Waals surface area contributed by atoms with Crippen LogP contribution in [0.1, 0.15) is 32.0 Å². The van der Waals surface area contributed by atoms with E-state index < -0.39 is 0 Å². The van der Waals surface area contributed by atoms with Gasteiger partial charge < -0.3 is 0 Å². The Labute approximate surface area is 207 Å². The summed E-state index contributed by atoms with van der Waals surface area (Å²) < 4.78 is 0. The highest BCUT2D eigenvalue weighted by molar-refractivity contribution is 5.70. The monoisotopic (exact) mass is 455 g/mol.